The summed E-state index contributed by atoms with van der Waals surface area (Å²) in [6.07, 6.45) is 3.44. The molecule has 0 saturated carbocycles. The molecular weight excluding hydrogens is 338 g/mol. The highest BCUT2D eigenvalue weighted by atomic mass is 16.1. The monoisotopic (exact) mass is 363 g/mol. The fourth-order valence-corrected chi connectivity index (χ4v) is 2.73. The minimum atomic E-state index is -0.264. The third kappa shape index (κ3) is 4.16. The van der Waals surface area contributed by atoms with Gasteiger partial charge in [0.25, 0.3) is 5.91 Å². The normalized spacial score (nSPS) is 11.3. The molecule has 0 aliphatic rings. The second-order valence-electron chi connectivity index (χ2n) is 7.68. The summed E-state index contributed by atoms with van der Waals surface area (Å²) in [5, 5.41) is 7.61. The van der Waals surface area contributed by atoms with Crippen molar-refractivity contribution in [2.45, 2.75) is 26.2 Å². The first kappa shape index (κ1) is 18.6. The van der Waals surface area contributed by atoms with Crippen molar-refractivity contribution >= 4 is 17.4 Å². The van der Waals surface area contributed by atoms with E-state index < -0.39 is 0 Å². The lowest BCUT2D eigenvalue weighted by Crippen LogP contribution is -2.20. The van der Waals surface area contributed by atoms with Crippen LogP contribution in [0.25, 0.3) is 5.69 Å². The first-order valence-electron chi connectivity index (χ1n) is 8.86. The van der Waals surface area contributed by atoms with Crippen molar-refractivity contribution < 1.29 is 4.79 Å². The maximum absolute atomic E-state index is 12.9. The molecule has 0 aliphatic carbocycles. The number of nitrogens with one attached hydrogen (secondary N) is 1. The van der Waals surface area contributed by atoms with Gasteiger partial charge in [-0.3, -0.25) is 4.79 Å². The van der Waals surface area contributed by atoms with Gasteiger partial charge in [0.15, 0.2) is 0 Å². The number of benzene rings is 1. The number of aromatic nitrogens is 3. The predicted octanol–water partition coefficient (Wildman–Crippen LogP) is 3.88. The maximum atomic E-state index is 12.9. The van der Waals surface area contributed by atoms with Crippen molar-refractivity contribution in [3.05, 3.63) is 66.1 Å². The highest BCUT2D eigenvalue weighted by Crippen LogP contribution is 2.26. The number of rotatable bonds is 4. The van der Waals surface area contributed by atoms with E-state index in [9.17, 15) is 4.79 Å². The quantitative estimate of drug-likeness (QED) is 0.764. The first-order chi connectivity index (χ1) is 12.8. The molecule has 0 radical (unpaired) electrons. The molecule has 140 valence electrons. The molecule has 1 amide bonds. The Kier molecular flexibility index (Phi) is 4.99. The van der Waals surface area contributed by atoms with Gasteiger partial charge in [-0.25, -0.2) is 9.67 Å². The number of pyridine rings is 1. The number of hydrogen-bond acceptors (Lipinski definition) is 4. The number of para-hydroxylation sites is 1. The highest BCUT2D eigenvalue weighted by molar-refractivity contribution is 6.05. The van der Waals surface area contributed by atoms with Crippen LogP contribution in [-0.4, -0.2) is 34.8 Å². The van der Waals surface area contributed by atoms with Crippen molar-refractivity contribution in [1.29, 1.82) is 0 Å². The van der Waals surface area contributed by atoms with E-state index in [1.54, 1.807) is 17.1 Å². The van der Waals surface area contributed by atoms with E-state index in [2.05, 4.69) is 36.2 Å². The first-order valence-corrected chi connectivity index (χ1v) is 8.86. The zero-order valence-corrected chi connectivity index (χ0v) is 16.4. The molecule has 6 heteroatoms. The van der Waals surface area contributed by atoms with Crippen LogP contribution in [0.4, 0.5) is 11.5 Å². The second-order valence-corrected chi connectivity index (χ2v) is 7.68. The third-order valence-electron chi connectivity index (χ3n) is 4.15. The van der Waals surface area contributed by atoms with Gasteiger partial charge in [0.05, 0.1) is 28.8 Å². The summed E-state index contributed by atoms with van der Waals surface area (Å²) in [4.78, 5) is 19.2. The van der Waals surface area contributed by atoms with Crippen LogP contribution in [0.1, 0.15) is 36.8 Å². The van der Waals surface area contributed by atoms with Gasteiger partial charge in [0.2, 0.25) is 0 Å². The standard InChI is InChI=1S/C21H25N5O/c1-21(2,3)19-17(14-26(24-19)16-9-7-6-8-10-16)20(27)23-15-11-12-18(22-13-15)25(4)5/h6-14H,1-5H3,(H,23,27). The van der Waals surface area contributed by atoms with Gasteiger partial charge >= 0.3 is 0 Å². The van der Waals surface area contributed by atoms with Gasteiger partial charge in [-0.2, -0.15) is 5.10 Å². The maximum Gasteiger partial charge on any atom is 0.259 e. The van der Waals surface area contributed by atoms with Gasteiger partial charge < -0.3 is 10.2 Å². The fraction of sp³-hybridized carbons (Fsp3) is 0.286. The topological polar surface area (TPSA) is 63.1 Å². The van der Waals surface area contributed by atoms with Crippen LogP contribution >= 0.6 is 0 Å². The fourth-order valence-electron chi connectivity index (χ4n) is 2.73. The van der Waals surface area contributed by atoms with Crippen LogP contribution in [0, 0.1) is 0 Å². The molecule has 0 bridgehead atoms. The van der Waals surface area contributed by atoms with Gasteiger partial charge in [-0.05, 0) is 24.3 Å². The van der Waals surface area contributed by atoms with Crippen molar-refractivity contribution in [3.8, 4) is 5.69 Å². The summed E-state index contributed by atoms with van der Waals surface area (Å²) < 4.78 is 1.75. The minimum absolute atomic E-state index is 0.193. The van der Waals surface area contributed by atoms with E-state index in [4.69, 9.17) is 0 Å². The summed E-state index contributed by atoms with van der Waals surface area (Å²) in [6.45, 7) is 6.15. The molecule has 2 aromatic heterocycles. The molecule has 0 saturated heterocycles. The zero-order valence-electron chi connectivity index (χ0n) is 16.4. The van der Waals surface area contributed by atoms with Gasteiger partial charge in [0.1, 0.15) is 5.82 Å². The third-order valence-corrected chi connectivity index (χ3v) is 4.15. The van der Waals surface area contributed by atoms with E-state index >= 15 is 0 Å². The molecule has 0 fully saturated rings. The highest BCUT2D eigenvalue weighted by Gasteiger charge is 2.26. The number of nitrogens with zero attached hydrogens (tertiary/aromatic N) is 4. The largest absolute Gasteiger partial charge is 0.363 e. The van der Waals surface area contributed by atoms with Gasteiger partial charge in [0, 0.05) is 25.7 Å². The molecule has 0 atom stereocenters. The molecule has 0 unspecified atom stereocenters. The van der Waals surface area contributed by atoms with Crippen LogP contribution in [-0.2, 0) is 5.41 Å². The van der Waals surface area contributed by atoms with E-state index in [-0.39, 0.29) is 11.3 Å². The summed E-state index contributed by atoms with van der Waals surface area (Å²) in [5.41, 5.74) is 2.61. The van der Waals surface area contributed by atoms with E-state index in [1.807, 2.05) is 61.5 Å². The molecular formula is C21H25N5O. The molecule has 0 aliphatic heterocycles. The Balaban J connectivity index is 1.92. The lowest BCUT2D eigenvalue weighted by Gasteiger charge is -2.17. The lowest BCUT2D eigenvalue weighted by atomic mass is 9.89. The number of hydrogen-bond donors (Lipinski definition) is 1. The Morgan fingerprint density at radius 2 is 1.78 bits per heavy atom. The van der Waals surface area contributed by atoms with Crippen LogP contribution < -0.4 is 10.2 Å². The number of amides is 1. The average molecular weight is 363 g/mol. The number of carbonyl (C=O) groups is 1. The summed E-state index contributed by atoms with van der Waals surface area (Å²) in [6, 6.07) is 13.5. The molecule has 3 aromatic rings. The van der Waals surface area contributed by atoms with Gasteiger partial charge in [-0.15, -0.1) is 0 Å². The Morgan fingerprint density at radius 1 is 1.07 bits per heavy atom. The molecule has 1 aromatic carbocycles. The lowest BCUT2D eigenvalue weighted by molar-refractivity contribution is 0.102. The van der Waals surface area contributed by atoms with Crippen molar-refractivity contribution in [2.75, 3.05) is 24.3 Å². The van der Waals surface area contributed by atoms with E-state index in [0.717, 1.165) is 17.2 Å². The molecule has 3 rings (SSSR count). The van der Waals surface area contributed by atoms with Crippen LogP contribution in [0.15, 0.2) is 54.9 Å². The number of carbonyl (C=O) groups excluding carboxylic acids is 1. The summed E-state index contributed by atoms with van der Waals surface area (Å²) in [5.74, 6) is 0.641. The molecule has 6 nitrogen and oxygen atoms in total. The van der Waals surface area contributed by atoms with Crippen molar-refractivity contribution in [2.24, 2.45) is 0 Å². The number of anilines is 2. The Labute approximate surface area is 159 Å². The molecule has 0 spiro atoms. The molecule has 1 N–H and O–H groups in total. The smallest absolute Gasteiger partial charge is 0.259 e. The summed E-state index contributed by atoms with van der Waals surface area (Å²) in [7, 11) is 3.85. The van der Waals surface area contributed by atoms with E-state index in [1.165, 1.54) is 0 Å². The average Bonchev–Trinajstić information content (AvgIpc) is 3.09. The van der Waals surface area contributed by atoms with Crippen LogP contribution in [0.2, 0.25) is 0 Å². The van der Waals surface area contributed by atoms with E-state index in [0.29, 0.717) is 11.3 Å². The SMILES string of the molecule is CN(C)c1ccc(NC(=O)c2cn(-c3ccccc3)nc2C(C)(C)C)cn1. The molecule has 27 heavy (non-hydrogen) atoms. The Hall–Kier alpha value is -3.15. The molecule has 2 heterocycles. The summed E-state index contributed by atoms with van der Waals surface area (Å²) >= 11 is 0. The predicted molar refractivity (Wildman–Crippen MR) is 109 cm³/mol. The van der Waals surface area contributed by atoms with Crippen molar-refractivity contribution in [1.82, 2.24) is 14.8 Å². The zero-order chi connectivity index (χ0) is 19.6. The van der Waals surface area contributed by atoms with Gasteiger partial charge in [-0.1, -0.05) is 39.0 Å². The Morgan fingerprint density at radius 3 is 2.33 bits per heavy atom. The van der Waals surface area contributed by atoms with Crippen LogP contribution in [0.3, 0.4) is 0 Å². The van der Waals surface area contributed by atoms with Crippen LogP contribution in [0.5, 0.6) is 0 Å². The van der Waals surface area contributed by atoms with Crippen molar-refractivity contribution in [3.63, 3.8) is 0 Å². The minimum Gasteiger partial charge on any atom is -0.363 e. The Bertz CT molecular complexity index is 921. The second kappa shape index (κ2) is 7.23.